The van der Waals surface area contributed by atoms with E-state index >= 15 is 0 Å². The molecule has 0 aromatic rings. The molecule has 0 aliphatic heterocycles. The zero-order chi connectivity index (χ0) is 10.8. The maximum Gasteiger partial charge on any atom is 0.245 e. The Hall–Kier alpha value is -1.29. The monoisotopic (exact) mass is 199 g/mol. The average Bonchev–Trinajstić information content (AvgIpc) is 2.21. The van der Waals surface area contributed by atoms with E-state index in [0.717, 1.165) is 0 Å². The normalized spacial score (nSPS) is 9.21. The van der Waals surface area contributed by atoms with Crippen molar-refractivity contribution < 1.29 is 14.3 Å². The molecule has 4 nitrogen and oxygen atoms in total. The Bertz CT molecular complexity index is 192. The highest BCUT2D eigenvalue weighted by atomic mass is 16.5. The Morgan fingerprint density at radius 2 is 2.07 bits per heavy atom. The van der Waals surface area contributed by atoms with Crippen molar-refractivity contribution in [2.24, 2.45) is 0 Å². The van der Waals surface area contributed by atoms with E-state index in [1.165, 1.54) is 12.3 Å². The molecule has 0 bridgehead atoms. The van der Waals surface area contributed by atoms with Crippen LogP contribution in [0, 0.1) is 0 Å². The van der Waals surface area contributed by atoms with Crippen LogP contribution in [0.2, 0.25) is 0 Å². The molecule has 4 heteroatoms. The molecular weight excluding hydrogens is 182 g/mol. The van der Waals surface area contributed by atoms with Crippen LogP contribution in [0.4, 0.5) is 0 Å². The van der Waals surface area contributed by atoms with E-state index in [9.17, 15) is 4.79 Å². The summed E-state index contributed by atoms with van der Waals surface area (Å²) in [5.41, 5.74) is 0. The summed E-state index contributed by atoms with van der Waals surface area (Å²) in [6.07, 6.45) is 2.65. The molecular formula is C10H17NO3. The third kappa shape index (κ3) is 6.25. The number of ether oxygens (including phenoxy) is 2. The lowest BCUT2D eigenvalue weighted by Crippen LogP contribution is -2.28. The van der Waals surface area contributed by atoms with Crippen molar-refractivity contribution in [3.63, 3.8) is 0 Å². The van der Waals surface area contributed by atoms with Gasteiger partial charge in [-0.2, -0.15) is 0 Å². The van der Waals surface area contributed by atoms with Crippen molar-refractivity contribution in [2.75, 3.05) is 33.4 Å². The predicted octanol–water partition coefficient (Wildman–Crippen LogP) is 0.807. The third-order valence-electron chi connectivity index (χ3n) is 1.59. The lowest BCUT2D eigenvalue weighted by atomic mass is 10.5. The number of rotatable bonds is 8. The number of likely N-dealkylation sites (N-methyl/N-ethyl adjacent to an activating group) is 1. The Balaban J connectivity index is 3.31. The molecule has 0 aromatic carbocycles. The predicted molar refractivity (Wildman–Crippen MR) is 54.8 cm³/mol. The second kappa shape index (κ2) is 8.31. The maximum absolute atomic E-state index is 11.0. The molecule has 0 rings (SSSR count). The number of carbonyl (C=O) groups excluding carboxylic acids is 1. The fourth-order valence-electron chi connectivity index (χ4n) is 0.760. The topological polar surface area (TPSA) is 38.8 Å². The van der Waals surface area contributed by atoms with Gasteiger partial charge in [0, 0.05) is 13.6 Å². The first-order valence-corrected chi connectivity index (χ1v) is 4.40. The van der Waals surface area contributed by atoms with Gasteiger partial charge in [-0.05, 0) is 6.08 Å². The molecule has 0 spiro atoms. The van der Waals surface area contributed by atoms with Crippen LogP contribution in [-0.4, -0.2) is 44.2 Å². The molecule has 0 saturated carbocycles. The minimum absolute atomic E-state index is 0.101. The SMILES string of the molecule is C=COCCOCCN(C)C(=O)C=C. The summed E-state index contributed by atoms with van der Waals surface area (Å²) in [6.45, 7) is 8.83. The van der Waals surface area contributed by atoms with Crippen molar-refractivity contribution in [1.82, 2.24) is 4.90 Å². The summed E-state index contributed by atoms with van der Waals surface area (Å²) in [7, 11) is 1.70. The van der Waals surface area contributed by atoms with Gasteiger partial charge in [-0.15, -0.1) is 0 Å². The van der Waals surface area contributed by atoms with Crippen LogP contribution in [0.3, 0.4) is 0 Å². The summed E-state index contributed by atoms with van der Waals surface area (Å²) >= 11 is 0. The van der Waals surface area contributed by atoms with Crippen LogP contribution in [-0.2, 0) is 14.3 Å². The standard InChI is InChI=1S/C10H17NO3/c1-4-10(12)11(3)6-7-14-9-8-13-5-2/h4-5H,1-2,6-9H2,3H3. The van der Waals surface area contributed by atoms with Crippen molar-refractivity contribution in [3.8, 4) is 0 Å². The van der Waals surface area contributed by atoms with E-state index in [2.05, 4.69) is 13.2 Å². The Morgan fingerprint density at radius 1 is 1.36 bits per heavy atom. The minimum atomic E-state index is -0.101. The highest BCUT2D eigenvalue weighted by molar-refractivity contribution is 5.86. The van der Waals surface area contributed by atoms with E-state index < -0.39 is 0 Å². The molecule has 0 atom stereocenters. The number of amides is 1. The van der Waals surface area contributed by atoms with Crippen molar-refractivity contribution in [3.05, 3.63) is 25.5 Å². The molecule has 0 saturated heterocycles. The van der Waals surface area contributed by atoms with E-state index in [-0.39, 0.29) is 5.91 Å². The van der Waals surface area contributed by atoms with Crippen LogP contribution in [0.15, 0.2) is 25.5 Å². The molecule has 0 unspecified atom stereocenters. The highest BCUT2D eigenvalue weighted by Gasteiger charge is 2.02. The van der Waals surface area contributed by atoms with Crippen molar-refractivity contribution >= 4 is 5.91 Å². The van der Waals surface area contributed by atoms with E-state index in [0.29, 0.717) is 26.4 Å². The first-order valence-electron chi connectivity index (χ1n) is 4.40. The van der Waals surface area contributed by atoms with Gasteiger partial charge < -0.3 is 14.4 Å². The summed E-state index contributed by atoms with van der Waals surface area (Å²) in [5.74, 6) is -0.101. The molecule has 0 heterocycles. The van der Waals surface area contributed by atoms with Gasteiger partial charge in [0.25, 0.3) is 0 Å². The number of hydrogen-bond donors (Lipinski definition) is 0. The first-order chi connectivity index (χ1) is 6.72. The second-order valence-electron chi connectivity index (χ2n) is 2.61. The fraction of sp³-hybridized carbons (Fsp3) is 0.500. The molecule has 80 valence electrons. The molecule has 0 N–H and O–H groups in total. The second-order valence-corrected chi connectivity index (χ2v) is 2.61. The highest BCUT2D eigenvalue weighted by Crippen LogP contribution is 1.86. The Morgan fingerprint density at radius 3 is 2.64 bits per heavy atom. The summed E-state index contributed by atoms with van der Waals surface area (Å²) in [6, 6.07) is 0. The van der Waals surface area contributed by atoms with Crippen LogP contribution < -0.4 is 0 Å². The van der Waals surface area contributed by atoms with Gasteiger partial charge >= 0.3 is 0 Å². The lowest BCUT2D eigenvalue weighted by molar-refractivity contribution is -0.125. The largest absolute Gasteiger partial charge is 0.499 e. The average molecular weight is 199 g/mol. The third-order valence-corrected chi connectivity index (χ3v) is 1.59. The lowest BCUT2D eigenvalue weighted by Gasteiger charge is -2.14. The van der Waals surface area contributed by atoms with Gasteiger partial charge in [-0.1, -0.05) is 13.2 Å². The van der Waals surface area contributed by atoms with E-state index in [4.69, 9.17) is 9.47 Å². The van der Waals surface area contributed by atoms with Crippen molar-refractivity contribution in [1.29, 1.82) is 0 Å². The number of hydrogen-bond acceptors (Lipinski definition) is 3. The molecule has 0 fully saturated rings. The summed E-state index contributed by atoms with van der Waals surface area (Å²) in [4.78, 5) is 12.5. The maximum atomic E-state index is 11.0. The van der Waals surface area contributed by atoms with Gasteiger partial charge in [0.15, 0.2) is 0 Å². The van der Waals surface area contributed by atoms with E-state index in [1.54, 1.807) is 11.9 Å². The van der Waals surface area contributed by atoms with Crippen LogP contribution in [0.1, 0.15) is 0 Å². The molecule has 0 aliphatic rings. The van der Waals surface area contributed by atoms with Gasteiger partial charge in [0.05, 0.1) is 19.5 Å². The Labute approximate surface area is 84.8 Å². The first kappa shape index (κ1) is 12.7. The van der Waals surface area contributed by atoms with E-state index in [1.807, 2.05) is 0 Å². The van der Waals surface area contributed by atoms with Gasteiger partial charge in [-0.3, -0.25) is 4.79 Å². The summed E-state index contributed by atoms with van der Waals surface area (Å²) < 4.78 is 10.1. The number of carbonyl (C=O) groups is 1. The van der Waals surface area contributed by atoms with Crippen molar-refractivity contribution in [2.45, 2.75) is 0 Å². The van der Waals surface area contributed by atoms with Crippen LogP contribution in [0.25, 0.3) is 0 Å². The quantitative estimate of drug-likeness (QED) is 0.330. The zero-order valence-electron chi connectivity index (χ0n) is 8.57. The van der Waals surface area contributed by atoms with Gasteiger partial charge in [-0.25, -0.2) is 0 Å². The molecule has 0 aliphatic carbocycles. The van der Waals surface area contributed by atoms with Crippen LogP contribution in [0.5, 0.6) is 0 Å². The Kier molecular flexibility index (Phi) is 7.55. The van der Waals surface area contributed by atoms with Gasteiger partial charge in [0.1, 0.15) is 6.61 Å². The van der Waals surface area contributed by atoms with Gasteiger partial charge in [0.2, 0.25) is 5.91 Å². The van der Waals surface area contributed by atoms with Crippen LogP contribution >= 0.6 is 0 Å². The molecule has 0 radical (unpaired) electrons. The summed E-state index contributed by atoms with van der Waals surface area (Å²) in [5, 5.41) is 0. The molecule has 0 aromatic heterocycles. The fourth-order valence-corrected chi connectivity index (χ4v) is 0.760. The minimum Gasteiger partial charge on any atom is -0.499 e. The zero-order valence-corrected chi connectivity index (χ0v) is 8.57. The number of nitrogens with zero attached hydrogens (tertiary/aromatic N) is 1. The molecule has 14 heavy (non-hydrogen) atoms. The smallest absolute Gasteiger partial charge is 0.245 e. The molecule has 1 amide bonds.